The zero-order chi connectivity index (χ0) is 19.5. The van der Waals surface area contributed by atoms with E-state index in [4.69, 9.17) is 0 Å². The Morgan fingerprint density at radius 1 is 1.04 bits per heavy atom. The molecule has 0 bridgehead atoms. The number of halogens is 1. The first kappa shape index (κ1) is 18.4. The highest BCUT2D eigenvalue weighted by Crippen LogP contribution is 2.25. The maximum absolute atomic E-state index is 13.2. The van der Waals surface area contributed by atoms with Gasteiger partial charge in [0.05, 0.1) is 5.69 Å². The van der Waals surface area contributed by atoms with E-state index in [1.165, 1.54) is 17.7 Å². The lowest BCUT2D eigenvalue weighted by Crippen LogP contribution is -2.05. The molecule has 1 N–H and O–H groups in total. The van der Waals surface area contributed by atoms with Crippen LogP contribution in [0.4, 0.5) is 15.9 Å². The Labute approximate surface area is 167 Å². The van der Waals surface area contributed by atoms with E-state index in [0.717, 1.165) is 23.0 Å². The minimum atomic E-state index is -0.270. The van der Waals surface area contributed by atoms with Gasteiger partial charge in [-0.15, -0.1) is 5.10 Å². The lowest BCUT2D eigenvalue weighted by atomic mass is 10.1. The van der Waals surface area contributed by atoms with Gasteiger partial charge in [0.15, 0.2) is 0 Å². The van der Waals surface area contributed by atoms with Gasteiger partial charge in [0.1, 0.15) is 11.6 Å². The van der Waals surface area contributed by atoms with E-state index >= 15 is 0 Å². The first-order valence-electron chi connectivity index (χ1n) is 9.05. The van der Waals surface area contributed by atoms with Gasteiger partial charge in [0.2, 0.25) is 5.16 Å². The minimum absolute atomic E-state index is 0.246. The van der Waals surface area contributed by atoms with E-state index in [-0.39, 0.29) is 11.7 Å². The predicted octanol–water partition coefficient (Wildman–Crippen LogP) is 5.42. The first-order valence-corrected chi connectivity index (χ1v) is 10.0. The molecule has 4 aromatic rings. The van der Waals surface area contributed by atoms with Crippen molar-refractivity contribution in [3.8, 4) is 0 Å². The van der Waals surface area contributed by atoms with E-state index in [9.17, 15) is 4.39 Å². The number of benzene rings is 2. The van der Waals surface area contributed by atoms with Crippen molar-refractivity contribution in [3.05, 3.63) is 77.7 Å². The Bertz CT molecular complexity index is 1080. The van der Waals surface area contributed by atoms with E-state index in [2.05, 4.69) is 46.4 Å². The summed E-state index contributed by atoms with van der Waals surface area (Å²) in [6, 6.07) is 18.4. The van der Waals surface area contributed by atoms with Gasteiger partial charge >= 0.3 is 0 Å². The van der Waals surface area contributed by atoms with Gasteiger partial charge in [0, 0.05) is 17.5 Å². The minimum Gasteiger partial charge on any atom is -0.340 e. The molecular weight excluding hydrogens is 373 g/mol. The smallest absolute Gasteiger partial charge is 0.255 e. The zero-order valence-electron chi connectivity index (χ0n) is 15.6. The van der Waals surface area contributed by atoms with Crippen LogP contribution in [0.3, 0.4) is 0 Å². The van der Waals surface area contributed by atoms with Crippen LogP contribution in [0.5, 0.6) is 0 Å². The van der Waals surface area contributed by atoms with Crippen LogP contribution in [0.25, 0.3) is 5.78 Å². The average Bonchev–Trinajstić information content (AvgIpc) is 3.12. The summed E-state index contributed by atoms with van der Waals surface area (Å²) in [5.41, 5.74) is 2.91. The third-order valence-corrected chi connectivity index (χ3v) is 5.14. The number of nitrogens with one attached hydrogen (secondary N) is 1. The normalized spacial score (nSPS) is 11.3. The van der Waals surface area contributed by atoms with Crippen LogP contribution in [0, 0.1) is 5.82 Å². The SMILES string of the molecule is CC(C)c1cc(Nc2ccc(F)cc2)n2nc(SCc3ccccc3)nc2n1. The Hall–Kier alpha value is -2.93. The molecule has 7 heteroatoms. The van der Waals surface area contributed by atoms with Gasteiger partial charge in [-0.25, -0.2) is 9.37 Å². The molecule has 2 aromatic carbocycles. The van der Waals surface area contributed by atoms with Crippen molar-refractivity contribution in [2.24, 2.45) is 0 Å². The third kappa shape index (κ3) is 4.14. The van der Waals surface area contributed by atoms with Gasteiger partial charge in [-0.1, -0.05) is 55.9 Å². The van der Waals surface area contributed by atoms with Gasteiger partial charge in [-0.2, -0.15) is 9.50 Å². The number of anilines is 2. The molecule has 0 spiro atoms. The van der Waals surface area contributed by atoms with Crippen molar-refractivity contribution in [1.29, 1.82) is 0 Å². The van der Waals surface area contributed by atoms with Crippen LogP contribution in [-0.2, 0) is 5.75 Å². The first-order chi connectivity index (χ1) is 13.6. The van der Waals surface area contributed by atoms with E-state index < -0.39 is 0 Å². The molecule has 5 nitrogen and oxygen atoms in total. The summed E-state index contributed by atoms with van der Waals surface area (Å²) in [5.74, 6) is 2.06. The Morgan fingerprint density at radius 2 is 1.79 bits per heavy atom. The predicted molar refractivity (Wildman–Crippen MR) is 111 cm³/mol. The molecule has 0 amide bonds. The lowest BCUT2D eigenvalue weighted by molar-refractivity contribution is 0.628. The molecule has 4 rings (SSSR count). The molecular formula is C21H20FN5S. The molecule has 2 aromatic heterocycles. The summed E-state index contributed by atoms with van der Waals surface area (Å²) in [5, 5.41) is 8.58. The molecule has 0 saturated heterocycles. The fraction of sp³-hybridized carbons (Fsp3) is 0.190. The zero-order valence-corrected chi connectivity index (χ0v) is 16.4. The molecule has 0 aliphatic rings. The summed E-state index contributed by atoms with van der Waals surface area (Å²) in [4.78, 5) is 9.23. The molecule has 2 heterocycles. The van der Waals surface area contributed by atoms with Crippen molar-refractivity contribution in [2.75, 3.05) is 5.32 Å². The number of hydrogen-bond donors (Lipinski definition) is 1. The van der Waals surface area contributed by atoms with Crippen LogP contribution < -0.4 is 5.32 Å². The second kappa shape index (κ2) is 7.98. The number of hydrogen-bond acceptors (Lipinski definition) is 5. The number of thioether (sulfide) groups is 1. The lowest BCUT2D eigenvalue weighted by Gasteiger charge is -2.11. The van der Waals surface area contributed by atoms with Crippen LogP contribution in [-0.4, -0.2) is 19.6 Å². The topological polar surface area (TPSA) is 55.1 Å². The van der Waals surface area contributed by atoms with Crippen LogP contribution in [0.2, 0.25) is 0 Å². The fourth-order valence-corrected chi connectivity index (χ4v) is 3.49. The van der Waals surface area contributed by atoms with Crippen molar-refractivity contribution in [2.45, 2.75) is 30.7 Å². The molecule has 0 aliphatic carbocycles. The molecule has 28 heavy (non-hydrogen) atoms. The van der Waals surface area contributed by atoms with Gasteiger partial charge in [-0.05, 0) is 35.7 Å². The summed E-state index contributed by atoms with van der Waals surface area (Å²) in [6.45, 7) is 4.17. The average molecular weight is 393 g/mol. The number of aromatic nitrogens is 4. The van der Waals surface area contributed by atoms with Crippen LogP contribution in [0.15, 0.2) is 65.8 Å². The van der Waals surface area contributed by atoms with Crippen molar-refractivity contribution < 1.29 is 4.39 Å². The van der Waals surface area contributed by atoms with Crippen molar-refractivity contribution in [3.63, 3.8) is 0 Å². The Kier molecular flexibility index (Phi) is 5.25. The molecule has 0 fully saturated rings. The second-order valence-electron chi connectivity index (χ2n) is 6.73. The summed E-state index contributed by atoms with van der Waals surface area (Å²) in [7, 11) is 0. The van der Waals surface area contributed by atoms with Gasteiger partial charge < -0.3 is 5.32 Å². The highest BCUT2D eigenvalue weighted by Gasteiger charge is 2.14. The highest BCUT2D eigenvalue weighted by molar-refractivity contribution is 7.98. The second-order valence-corrected chi connectivity index (χ2v) is 7.68. The maximum Gasteiger partial charge on any atom is 0.255 e. The fourth-order valence-electron chi connectivity index (χ4n) is 2.72. The molecule has 0 atom stereocenters. The quantitative estimate of drug-likeness (QED) is 0.443. The number of nitrogens with zero attached hydrogens (tertiary/aromatic N) is 4. The van der Waals surface area contributed by atoms with E-state index in [1.54, 1.807) is 28.4 Å². The highest BCUT2D eigenvalue weighted by atomic mass is 32.2. The number of fused-ring (bicyclic) bond motifs is 1. The third-order valence-electron chi connectivity index (χ3n) is 4.23. The van der Waals surface area contributed by atoms with Crippen LogP contribution >= 0.6 is 11.8 Å². The largest absolute Gasteiger partial charge is 0.340 e. The van der Waals surface area contributed by atoms with Gasteiger partial charge in [0.25, 0.3) is 5.78 Å². The maximum atomic E-state index is 13.2. The van der Waals surface area contributed by atoms with E-state index in [0.29, 0.717) is 10.9 Å². The number of rotatable bonds is 6. The van der Waals surface area contributed by atoms with Crippen LogP contribution in [0.1, 0.15) is 31.0 Å². The monoisotopic (exact) mass is 393 g/mol. The summed E-state index contributed by atoms with van der Waals surface area (Å²) >= 11 is 1.57. The molecule has 0 radical (unpaired) electrons. The van der Waals surface area contributed by atoms with Crippen molar-refractivity contribution in [1.82, 2.24) is 19.6 Å². The van der Waals surface area contributed by atoms with Crippen molar-refractivity contribution >= 4 is 29.0 Å². The molecule has 0 saturated carbocycles. The van der Waals surface area contributed by atoms with E-state index in [1.807, 2.05) is 24.3 Å². The Balaban J connectivity index is 1.66. The standard InChI is InChI=1S/C21H20FN5S/c1-14(2)18-12-19(23-17-10-8-16(22)9-11-17)27-20(24-18)25-21(26-27)28-13-15-6-4-3-5-7-15/h3-12,14,23H,13H2,1-2H3. The Morgan fingerprint density at radius 3 is 2.50 bits per heavy atom. The summed E-state index contributed by atoms with van der Waals surface area (Å²) in [6.07, 6.45) is 0. The van der Waals surface area contributed by atoms with Gasteiger partial charge in [-0.3, -0.25) is 0 Å². The molecule has 142 valence electrons. The molecule has 0 unspecified atom stereocenters. The summed E-state index contributed by atoms with van der Waals surface area (Å²) < 4.78 is 14.9. The molecule has 0 aliphatic heterocycles.